The average Bonchev–Trinajstić information content (AvgIpc) is 2.73. The summed E-state index contributed by atoms with van der Waals surface area (Å²) in [6, 6.07) is 14.3. The second-order valence-corrected chi connectivity index (χ2v) is 7.34. The molecule has 0 spiro atoms. The van der Waals surface area contributed by atoms with Gasteiger partial charge in [-0.3, -0.25) is 4.79 Å². The highest BCUT2D eigenvalue weighted by molar-refractivity contribution is 7.99. The van der Waals surface area contributed by atoms with Crippen LogP contribution in [0.15, 0.2) is 58.3 Å². The average molecular weight is 336 g/mol. The van der Waals surface area contributed by atoms with Gasteiger partial charge in [0.05, 0.1) is 5.69 Å². The zero-order chi connectivity index (χ0) is 15.7. The van der Waals surface area contributed by atoms with Crippen molar-refractivity contribution in [2.75, 3.05) is 10.8 Å². The summed E-state index contributed by atoms with van der Waals surface area (Å²) in [6.45, 7) is -0.332. The van der Waals surface area contributed by atoms with E-state index in [-0.39, 0.29) is 18.0 Å². The lowest BCUT2D eigenvalue weighted by molar-refractivity contribution is -0.117. The largest absolute Gasteiger partial charge is 0.506 e. The number of rotatable bonds is 3. The van der Waals surface area contributed by atoms with Crippen LogP contribution in [-0.4, -0.2) is 26.0 Å². The second-order valence-electron chi connectivity index (χ2n) is 4.60. The van der Waals surface area contributed by atoms with Crippen molar-refractivity contribution < 1.29 is 18.3 Å². The third kappa shape index (κ3) is 2.88. The van der Waals surface area contributed by atoms with Crippen molar-refractivity contribution in [2.24, 2.45) is 0 Å². The molecule has 1 amide bonds. The number of hydrogen-bond donors (Lipinski definition) is 2. The topological polar surface area (TPSA) is 86.7 Å². The van der Waals surface area contributed by atoms with E-state index in [4.69, 9.17) is 0 Å². The molecule has 2 aromatic rings. The molecule has 0 unspecified atom stereocenters. The fourth-order valence-electron chi connectivity index (χ4n) is 2.06. The summed E-state index contributed by atoms with van der Waals surface area (Å²) >= 11 is 1.44. The van der Waals surface area contributed by atoms with Crippen LogP contribution in [0.2, 0.25) is 0 Å². The number of nitrogens with one attached hydrogen (secondary N) is 1. The minimum atomic E-state index is -3.92. The first-order valence-electron chi connectivity index (χ1n) is 6.35. The molecule has 22 heavy (non-hydrogen) atoms. The normalized spacial score (nSPS) is 16.5. The molecule has 0 aliphatic carbocycles. The predicted octanol–water partition coefficient (Wildman–Crippen LogP) is 1.72. The van der Waals surface area contributed by atoms with Crippen molar-refractivity contribution in [3.8, 4) is 5.75 Å². The highest BCUT2D eigenvalue weighted by atomic mass is 32.2. The number of hydrogen-bond acceptors (Lipinski definition) is 5. The zero-order valence-corrected chi connectivity index (χ0v) is 12.9. The molecule has 8 heteroatoms. The van der Waals surface area contributed by atoms with Gasteiger partial charge in [0.15, 0.2) is 0 Å². The van der Waals surface area contributed by atoms with Crippen molar-refractivity contribution in [2.45, 2.75) is 9.79 Å². The predicted molar refractivity (Wildman–Crippen MR) is 83.1 cm³/mol. The number of phenols is 1. The number of carbonyl (C=O) groups excluding carboxylic acids is 1. The number of benzene rings is 2. The summed E-state index contributed by atoms with van der Waals surface area (Å²) in [4.78, 5) is 13.0. The van der Waals surface area contributed by atoms with E-state index in [2.05, 4.69) is 0 Å². The van der Waals surface area contributed by atoms with Gasteiger partial charge in [0.25, 0.3) is 5.91 Å². The van der Waals surface area contributed by atoms with Crippen LogP contribution in [0.3, 0.4) is 0 Å². The monoisotopic (exact) mass is 336 g/mol. The first-order chi connectivity index (χ1) is 10.5. The number of carbonyl (C=O) groups is 1. The number of phenolic OH excluding ortho intramolecular Hbond substituents is 1. The van der Waals surface area contributed by atoms with Crippen LogP contribution in [-0.2, 0) is 15.0 Å². The third-order valence-electron chi connectivity index (χ3n) is 3.01. The highest BCUT2D eigenvalue weighted by Gasteiger charge is 2.35. The van der Waals surface area contributed by atoms with Gasteiger partial charge >= 0.3 is 10.2 Å². The number of nitrogens with zero attached hydrogens (tertiary/aromatic N) is 1. The first kappa shape index (κ1) is 14.7. The van der Waals surface area contributed by atoms with E-state index >= 15 is 0 Å². The van der Waals surface area contributed by atoms with Gasteiger partial charge in [0.1, 0.15) is 12.3 Å². The van der Waals surface area contributed by atoms with Gasteiger partial charge in [-0.1, -0.05) is 30.0 Å². The second kappa shape index (κ2) is 5.54. The fraction of sp³-hybridized carbons (Fsp3) is 0.0714. The Balaban J connectivity index is 1.89. The summed E-state index contributed by atoms with van der Waals surface area (Å²) in [6.07, 6.45) is 0. The van der Waals surface area contributed by atoms with Gasteiger partial charge in [-0.05, 0) is 30.3 Å². The molecule has 1 aliphatic heterocycles. The van der Waals surface area contributed by atoms with Crippen LogP contribution >= 0.6 is 11.8 Å². The maximum absolute atomic E-state index is 11.8. The van der Waals surface area contributed by atoms with E-state index in [9.17, 15) is 18.3 Å². The first-order valence-corrected chi connectivity index (χ1v) is 8.60. The Kier molecular flexibility index (Phi) is 3.71. The maximum Gasteiger partial charge on any atom is 0.326 e. The molecule has 0 radical (unpaired) electrons. The van der Waals surface area contributed by atoms with E-state index in [1.54, 1.807) is 6.07 Å². The number of anilines is 1. The molecule has 0 bridgehead atoms. The lowest BCUT2D eigenvalue weighted by Crippen LogP contribution is -2.29. The Morgan fingerprint density at radius 1 is 1.09 bits per heavy atom. The summed E-state index contributed by atoms with van der Waals surface area (Å²) in [5.41, 5.74) is 0.0794. The molecule has 0 atom stereocenters. The van der Waals surface area contributed by atoms with E-state index in [0.717, 1.165) is 14.1 Å². The van der Waals surface area contributed by atoms with Crippen molar-refractivity contribution in [3.05, 3.63) is 48.5 Å². The molecule has 2 aromatic carbocycles. The van der Waals surface area contributed by atoms with Gasteiger partial charge in [-0.25, -0.2) is 9.03 Å². The van der Waals surface area contributed by atoms with E-state index in [0.29, 0.717) is 0 Å². The quantitative estimate of drug-likeness (QED) is 0.891. The lowest BCUT2D eigenvalue weighted by atomic mass is 10.3. The summed E-state index contributed by atoms with van der Waals surface area (Å²) in [5.74, 6) is -0.817. The Bertz CT molecular complexity index is 822. The Hall–Kier alpha value is -2.19. The van der Waals surface area contributed by atoms with Gasteiger partial charge in [-0.15, -0.1) is 0 Å². The Morgan fingerprint density at radius 3 is 2.41 bits per heavy atom. The molecular weight excluding hydrogens is 324 g/mol. The lowest BCUT2D eigenvalue weighted by Gasteiger charge is -2.16. The molecule has 2 N–H and O–H groups in total. The van der Waals surface area contributed by atoms with E-state index < -0.39 is 16.1 Å². The van der Waals surface area contributed by atoms with Crippen LogP contribution in [0.5, 0.6) is 5.75 Å². The molecule has 3 rings (SSSR count). The maximum atomic E-state index is 11.8. The van der Waals surface area contributed by atoms with Crippen molar-refractivity contribution in [1.29, 1.82) is 0 Å². The highest BCUT2D eigenvalue weighted by Crippen LogP contribution is 2.36. The molecule has 1 aliphatic rings. The molecule has 1 fully saturated rings. The summed E-state index contributed by atoms with van der Waals surface area (Å²) < 4.78 is 26.3. The SMILES string of the molecule is O=C1CN(c2ccc(Sc3ccccc3)cc2O)S(=O)(=O)N1. The van der Waals surface area contributed by atoms with Crippen LogP contribution in [0.25, 0.3) is 0 Å². The van der Waals surface area contributed by atoms with Crippen molar-refractivity contribution in [1.82, 2.24) is 4.72 Å². The van der Waals surface area contributed by atoms with Gasteiger partial charge in [0.2, 0.25) is 0 Å². The smallest absolute Gasteiger partial charge is 0.326 e. The molecule has 0 saturated carbocycles. The Morgan fingerprint density at radius 2 is 1.82 bits per heavy atom. The zero-order valence-electron chi connectivity index (χ0n) is 11.3. The molecule has 1 heterocycles. The van der Waals surface area contributed by atoms with Crippen LogP contribution in [0.4, 0.5) is 5.69 Å². The van der Waals surface area contributed by atoms with Crippen molar-refractivity contribution in [3.63, 3.8) is 0 Å². The van der Waals surface area contributed by atoms with Crippen molar-refractivity contribution >= 4 is 33.6 Å². The molecular formula is C14H12N2O4S2. The third-order valence-corrected chi connectivity index (χ3v) is 5.40. The van der Waals surface area contributed by atoms with Crippen LogP contribution in [0.1, 0.15) is 0 Å². The molecule has 0 aromatic heterocycles. The van der Waals surface area contributed by atoms with E-state index in [1.165, 1.54) is 23.9 Å². The molecule has 1 saturated heterocycles. The minimum absolute atomic E-state index is 0.0794. The number of amides is 1. The van der Waals surface area contributed by atoms with Gasteiger partial charge in [0, 0.05) is 9.79 Å². The van der Waals surface area contributed by atoms with Crippen LogP contribution < -0.4 is 9.03 Å². The molecule has 6 nitrogen and oxygen atoms in total. The standard InChI is InChI=1S/C14H12N2O4S2/c17-13-8-11(21-10-4-2-1-3-5-10)6-7-12(13)16-9-14(18)15-22(16,19)20/h1-8,17H,9H2,(H,15,18). The van der Waals surface area contributed by atoms with Gasteiger partial charge in [-0.2, -0.15) is 8.42 Å². The summed E-state index contributed by atoms with van der Waals surface area (Å²) in [7, 11) is -3.92. The van der Waals surface area contributed by atoms with E-state index in [1.807, 2.05) is 35.1 Å². The fourth-order valence-corrected chi connectivity index (χ4v) is 4.10. The van der Waals surface area contributed by atoms with Crippen LogP contribution in [0, 0.1) is 0 Å². The number of aromatic hydroxyl groups is 1. The summed E-state index contributed by atoms with van der Waals surface area (Å²) in [5, 5.41) is 10.1. The van der Waals surface area contributed by atoms with Gasteiger partial charge < -0.3 is 5.11 Å². The Labute approximate surface area is 131 Å². The molecule has 114 valence electrons. The minimum Gasteiger partial charge on any atom is -0.506 e.